The monoisotopic (exact) mass is 445 g/mol. The SMILES string of the molecule is COc1cccc(N(C)CCC(=O)N2CCCC2c2cccc(Nc3cccc(C)n3)n2)c1. The minimum atomic E-state index is 0.00634. The Balaban J connectivity index is 1.40. The third-order valence-corrected chi connectivity index (χ3v) is 5.98. The Morgan fingerprint density at radius 2 is 1.88 bits per heavy atom. The highest BCUT2D eigenvalue weighted by Gasteiger charge is 2.30. The van der Waals surface area contributed by atoms with E-state index in [-0.39, 0.29) is 11.9 Å². The molecular formula is C26H31N5O2. The zero-order chi connectivity index (χ0) is 23.2. The second-order valence-corrected chi connectivity index (χ2v) is 8.36. The molecule has 1 unspecified atom stereocenters. The van der Waals surface area contributed by atoms with Gasteiger partial charge < -0.3 is 19.9 Å². The average molecular weight is 446 g/mol. The number of hydrogen-bond donors (Lipinski definition) is 1. The van der Waals surface area contributed by atoms with Crippen LogP contribution in [0.2, 0.25) is 0 Å². The van der Waals surface area contributed by atoms with Gasteiger partial charge in [-0.3, -0.25) is 4.79 Å². The van der Waals surface area contributed by atoms with Gasteiger partial charge >= 0.3 is 0 Å². The minimum Gasteiger partial charge on any atom is -0.497 e. The maximum atomic E-state index is 13.1. The molecule has 0 aliphatic carbocycles. The molecule has 3 aromatic rings. The van der Waals surface area contributed by atoms with Crippen molar-refractivity contribution in [1.82, 2.24) is 14.9 Å². The summed E-state index contributed by atoms with van der Waals surface area (Å²) in [4.78, 5) is 26.5. The number of anilines is 3. The fraction of sp³-hybridized carbons (Fsp3) is 0.346. The normalized spacial score (nSPS) is 15.4. The van der Waals surface area contributed by atoms with Gasteiger partial charge in [0.1, 0.15) is 17.4 Å². The Bertz CT molecular complexity index is 1100. The molecule has 1 aromatic carbocycles. The number of rotatable bonds is 8. The Morgan fingerprint density at radius 3 is 2.67 bits per heavy atom. The average Bonchev–Trinajstić information content (AvgIpc) is 3.33. The van der Waals surface area contributed by atoms with Crippen LogP contribution in [0.5, 0.6) is 5.75 Å². The first-order valence-electron chi connectivity index (χ1n) is 11.4. The first kappa shape index (κ1) is 22.6. The first-order chi connectivity index (χ1) is 16.0. The predicted molar refractivity (Wildman–Crippen MR) is 131 cm³/mol. The molecule has 4 rings (SSSR count). The molecule has 1 aliphatic heterocycles. The summed E-state index contributed by atoms with van der Waals surface area (Å²) < 4.78 is 5.31. The molecule has 0 spiro atoms. The number of pyridine rings is 2. The van der Waals surface area contributed by atoms with Crippen LogP contribution in [0.15, 0.2) is 60.7 Å². The van der Waals surface area contributed by atoms with E-state index in [0.29, 0.717) is 13.0 Å². The van der Waals surface area contributed by atoms with Crippen LogP contribution in [-0.2, 0) is 4.79 Å². The molecule has 1 atom stereocenters. The molecule has 1 fully saturated rings. The van der Waals surface area contributed by atoms with E-state index in [0.717, 1.165) is 53.8 Å². The summed E-state index contributed by atoms with van der Waals surface area (Å²) >= 11 is 0. The van der Waals surface area contributed by atoms with Crippen LogP contribution in [0.1, 0.15) is 36.7 Å². The molecule has 33 heavy (non-hydrogen) atoms. The number of carbonyl (C=O) groups excluding carboxylic acids is 1. The van der Waals surface area contributed by atoms with E-state index in [1.807, 2.05) is 79.5 Å². The molecule has 172 valence electrons. The van der Waals surface area contributed by atoms with E-state index in [9.17, 15) is 4.79 Å². The van der Waals surface area contributed by atoms with Crippen LogP contribution in [0.3, 0.4) is 0 Å². The summed E-state index contributed by atoms with van der Waals surface area (Å²) in [5.74, 6) is 2.47. The number of benzene rings is 1. The highest BCUT2D eigenvalue weighted by Crippen LogP contribution is 2.32. The fourth-order valence-electron chi connectivity index (χ4n) is 4.21. The first-order valence-corrected chi connectivity index (χ1v) is 11.4. The van der Waals surface area contributed by atoms with E-state index in [1.165, 1.54) is 0 Å². The summed E-state index contributed by atoms with van der Waals surface area (Å²) in [5, 5.41) is 3.28. The van der Waals surface area contributed by atoms with E-state index in [1.54, 1.807) is 7.11 Å². The van der Waals surface area contributed by atoms with Crippen molar-refractivity contribution in [1.29, 1.82) is 0 Å². The minimum absolute atomic E-state index is 0.00634. The Labute approximate surface area is 195 Å². The lowest BCUT2D eigenvalue weighted by molar-refractivity contribution is -0.132. The van der Waals surface area contributed by atoms with E-state index >= 15 is 0 Å². The number of methoxy groups -OCH3 is 1. The van der Waals surface area contributed by atoms with Gasteiger partial charge in [0.05, 0.1) is 18.8 Å². The topological polar surface area (TPSA) is 70.6 Å². The largest absolute Gasteiger partial charge is 0.497 e. The molecule has 1 amide bonds. The molecule has 1 aliphatic rings. The third-order valence-electron chi connectivity index (χ3n) is 5.98. The lowest BCUT2D eigenvalue weighted by Crippen LogP contribution is -2.33. The van der Waals surface area contributed by atoms with Crippen LogP contribution in [0.4, 0.5) is 17.3 Å². The fourth-order valence-corrected chi connectivity index (χ4v) is 4.21. The molecule has 1 N–H and O–H groups in total. The van der Waals surface area contributed by atoms with Gasteiger partial charge in [0, 0.05) is 44.0 Å². The highest BCUT2D eigenvalue weighted by molar-refractivity contribution is 5.77. The van der Waals surface area contributed by atoms with Crippen LogP contribution in [-0.4, -0.2) is 48.0 Å². The summed E-state index contributed by atoms with van der Waals surface area (Å²) in [6.07, 6.45) is 2.37. The number of amides is 1. The van der Waals surface area contributed by atoms with Crippen LogP contribution < -0.4 is 15.0 Å². The standard InChI is InChI=1S/C26H31N5O2/c1-19-8-4-13-24(27-19)29-25-14-6-11-22(28-25)23-12-7-16-31(23)26(32)15-17-30(2)20-9-5-10-21(18-20)33-3/h4-6,8-11,13-14,18,23H,7,12,15-17H2,1-3H3,(H,27,28,29). The molecule has 2 aromatic heterocycles. The zero-order valence-electron chi connectivity index (χ0n) is 19.5. The molecule has 7 nitrogen and oxygen atoms in total. The number of likely N-dealkylation sites (tertiary alicyclic amines) is 1. The van der Waals surface area contributed by atoms with Crippen LogP contribution in [0, 0.1) is 6.92 Å². The number of nitrogens with one attached hydrogen (secondary N) is 1. The van der Waals surface area contributed by atoms with Crippen molar-refractivity contribution >= 4 is 23.2 Å². The Hall–Kier alpha value is -3.61. The summed E-state index contributed by atoms with van der Waals surface area (Å²) in [7, 11) is 3.66. The van der Waals surface area contributed by atoms with Crippen molar-refractivity contribution in [3.63, 3.8) is 0 Å². The second-order valence-electron chi connectivity index (χ2n) is 8.36. The van der Waals surface area contributed by atoms with Crippen molar-refractivity contribution in [2.75, 3.05) is 37.5 Å². The quantitative estimate of drug-likeness (QED) is 0.541. The molecule has 1 saturated heterocycles. The smallest absolute Gasteiger partial charge is 0.224 e. The van der Waals surface area contributed by atoms with Gasteiger partial charge in [-0.25, -0.2) is 9.97 Å². The maximum Gasteiger partial charge on any atom is 0.224 e. The lowest BCUT2D eigenvalue weighted by Gasteiger charge is -2.26. The summed E-state index contributed by atoms with van der Waals surface area (Å²) in [5.41, 5.74) is 2.90. The number of ether oxygens (including phenoxy) is 1. The van der Waals surface area contributed by atoms with Gasteiger partial charge in [0.2, 0.25) is 5.91 Å². The number of hydrogen-bond acceptors (Lipinski definition) is 6. The summed E-state index contributed by atoms with van der Waals surface area (Å²) in [6, 6.07) is 19.7. The maximum absolute atomic E-state index is 13.1. The van der Waals surface area contributed by atoms with E-state index < -0.39 is 0 Å². The zero-order valence-corrected chi connectivity index (χ0v) is 19.5. The van der Waals surface area contributed by atoms with Gasteiger partial charge in [-0.05, 0) is 56.2 Å². The van der Waals surface area contributed by atoms with Gasteiger partial charge in [0.25, 0.3) is 0 Å². The number of nitrogens with zero attached hydrogens (tertiary/aromatic N) is 4. The predicted octanol–water partition coefficient (Wildman–Crippen LogP) is 4.73. The van der Waals surface area contributed by atoms with E-state index in [4.69, 9.17) is 9.72 Å². The number of aryl methyl sites for hydroxylation is 1. The number of carbonyl (C=O) groups is 1. The van der Waals surface area contributed by atoms with E-state index in [2.05, 4.69) is 15.2 Å². The molecule has 7 heteroatoms. The summed E-state index contributed by atoms with van der Waals surface area (Å²) in [6.45, 7) is 3.37. The van der Waals surface area contributed by atoms with Gasteiger partial charge in [-0.2, -0.15) is 0 Å². The Morgan fingerprint density at radius 1 is 1.12 bits per heavy atom. The van der Waals surface area contributed by atoms with Crippen molar-refractivity contribution in [3.05, 3.63) is 72.1 Å². The molecular weight excluding hydrogens is 414 g/mol. The van der Waals surface area contributed by atoms with Crippen molar-refractivity contribution in [2.24, 2.45) is 0 Å². The van der Waals surface area contributed by atoms with Crippen LogP contribution >= 0.6 is 0 Å². The van der Waals surface area contributed by atoms with Crippen molar-refractivity contribution in [2.45, 2.75) is 32.2 Å². The molecule has 3 heterocycles. The Kier molecular flexibility index (Phi) is 7.07. The lowest BCUT2D eigenvalue weighted by atomic mass is 10.1. The van der Waals surface area contributed by atoms with Gasteiger partial charge in [-0.1, -0.05) is 18.2 Å². The number of aromatic nitrogens is 2. The second kappa shape index (κ2) is 10.3. The van der Waals surface area contributed by atoms with Crippen molar-refractivity contribution in [3.8, 4) is 5.75 Å². The molecule has 0 radical (unpaired) electrons. The van der Waals surface area contributed by atoms with Gasteiger partial charge in [0.15, 0.2) is 0 Å². The highest BCUT2D eigenvalue weighted by atomic mass is 16.5. The third kappa shape index (κ3) is 5.61. The molecule has 0 saturated carbocycles. The van der Waals surface area contributed by atoms with Gasteiger partial charge in [-0.15, -0.1) is 0 Å². The molecule has 0 bridgehead atoms. The van der Waals surface area contributed by atoms with Crippen molar-refractivity contribution < 1.29 is 9.53 Å². The van der Waals surface area contributed by atoms with Crippen LogP contribution in [0.25, 0.3) is 0 Å².